The van der Waals surface area contributed by atoms with Gasteiger partial charge in [0.2, 0.25) is 0 Å². The molecular formula is C18H39Ni. The predicted octanol–water partition coefficient (Wildman–Crippen LogP) is 7.20. The van der Waals surface area contributed by atoms with Gasteiger partial charge in [-0.05, 0) is 0 Å². The van der Waals surface area contributed by atoms with Crippen LogP contribution in [-0.2, 0) is 16.5 Å². The summed E-state index contributed by atoms with van der Waals surface area (Å²) >= 11 is 0. The second kappa shape index (κ2) is 36.3. The zero-order chi connectivity index (χ0) is 14.5. The third-order valence-electron chi connectivity index (χ3n) is 2.56. The van der Waals surface area contributed by atoms with E-state index in [9.17, 15) is 0 Å². The van der Waals surface area contributed by atoms with Crippen molar-refractivity contribution in [2.75, 3.05) is 0 Å². The summed E-state index contributed by atoms with van der Waals surface area (Å²) in [5.74, 6) is 0. The Balaban J connectivity index is -0.0000000865. The van der Waals surface area contributed by atoms with Gasteiger partial charge in [-0.15, -0.1) is 0 Å². The summed E-state index contributed by atoms with van der Waals surface area (Å²) in [6.07, 6.45) is 15.2. The van der Waals surface area contributed by atoms with Crippen molar-refractivity contribution in [1.82, 2.24) is 0 Å². The number of unbranched alkanes of at least 4 members (excludes halogenated alkanes) is 9. The molecule has 121 valence electrons. The first-order valence-electron chi connectivity index (χ1n) is 8.12. The van der Waals surface area contributed by atoms with Gasteiger partial charge in [0, 0.05) is 0 Å². The second-order valence-corrected chi connectivity index (χ2v) is 4.68. The van der Waals surface area contributed by atoms with Crippen molar-refractivity contribution < 1.29 is 16.5 Å². The van der Waals surface area contributed by atoms with Crippen LogP contribution in [0, 0.1) is 20.8 Å². The molecule has 0 aliphatic carbocycles. The van der Waals surface area contributed by atoms with E-state index in [-0.39, 0.29) is 16.5 Å². The molecule has 0 saturated carbocycles. The minimum atomic E-state index is 0. The summed E-state index contributed by atoms with van der Waals surface area (Å²) in [6.45, 7) is 17.8. The van der Waals surface area contributed by atoms with Gasteiger partial charge in [0.15, 0.2) is 0 Å². The molecule has 0 rings (SSSR count). The molecule has 19 heavy (non-hydrogen) atoms. The molecular weight excluding hydrogens is 275 g/mol. The van der Waals surface area contributed by atoms with Crippen LogP contribution in [0.5, 0.6) is 0 Å². The van der Waals surface area contributed by atoms with Crippen LogP contribution in [0.15, 0.2) is 0 Å². The van der Waals surface area contributed by atoms with E-state index < -0.39 is 0 Å². The Morgan fingerprint density at radius 3 is 0.737 bits per heavy atom. The topological polar surface area (TPSA) is 0 Å². The van der Waals surface area contributed by atoms with Gasteiger partial charge in [-0.3, -0.25) is 0 Å². The molecule has 1 heteroatoms. The van der Waals surface area contributed by atoms with E-state index in [4.69, 9.17) is 0 Å². The van der Waals surface area contributed by atoms with Crippen molar-refractivity contribution in [2.24, 2.45) is 0 Å². The molecule has 0 bridgehead atoms. The van der Waals surface area contributed by atoms with Crippen LogP contribution < -0.4 is 0 Å². The Morgan fingerprint density at radius 1 is 0.474 bits per heavy atom. The molecule has 1 radical (unpaired) electrons. The normalized spacial score (nSPS) is 8.53. The molecule has 0 aromatic carbocycles. The molecule has 0 unspecified atom stereocenters. The maximum atomic E-state index is 3.72. The van der Waals surface area contributed by atoms with Gasteiger partial charge in [-0.1, -0.05) is 78.6 Å². The van der Waals surface area contributed by atoms with E-state index in [2.05, 4.69) is 41.5 Å². The minimum absolute atomic E-state index is 0. The van der Waals surface area contributed by atoms with Gasteiger partial charge in [0.1, 0.15) is 0 Å². The molecule has 0 nitrogen and oxygen atoms in total. The minimum Gasteiger partial charge on any atom is -0.343 e. The van der Waals surface area contributed by atoms with E-state index in [0.29, 0.717) is 0 Å². The maximum Gasteiger partial charge on any atom is 3.00 e. The standard InChI is InChI=1S/3C6H13.Ni/c3*1-3-5-6-4-2;/h3*1,3-6H2,2H3;/q3*-1;+3. The van der Waals surface area contributed by atoms with Gasteiger partial charge in [-0.2, -0.15) is 19.3 Å². The maximum absolute atomic E-state index is 3.72. The summed E-state index contributed by atoms with van der Waals surface area (Å²) in [4.78, 5) is 0. The third kappa shape index (κ3) is 55.8. The molecule has 0 N–H and O–H groups in total. The molecule has 0 aromatic rings. The van der Waals surface area contributed by atoms with Crippen molar-refractivity contribution in [1.29, 1.82) is 0 Å². The summed E-state index contributed by atoms with van der Waals surface area (Å²) in [5.41, 5.74) is 0. The van der Waals surface area contributed by atoms with Gasteiger partial charge in [0.25, 0.3) is 0 Å². The van der Waals surface area contributed by atoms with Crippen molar-refractivity contribution in [3.63, 3.8) is 0 Å². The van der Waals surface area contributed by atoms with Crippen molar-refractivity contribution in [3.8, 4) is 0 Å². The van der Waals surface area contributed by atoms with Crippen molar-refractivity contribution in [2.45, 2.75) is 97.8 Å². The van der Waals surface area contributed by atoms with Crippen LogP contribution in [0.2, 0.25) is 0 Å². The molecule has 0 aliphatic heterocycles. The van der Waals surface area contributed by atoms with E-state index in [1.54, 1.807) is 0 Å². The Kier molecular flexibility index (Phi) is 53.0. The van der Waals surface area contributed by atoms with Crippen LogP contribution in [0.1, 0.15) is 97.8 Å². The fourth-order valence-corrected chi connectivity index (χ4v) is 1.28. The van der Waals surface area contributed by atoms with Gasteiger partial charge in [-0.25, -0.2) is 0 Å². The number of hydrogen-bond acceptors (Lipinski definition) is 0. The summed E-state index contributed by atoms with van der Waals surface area (Å²) < 4.78 is 0. The van der Waals surface area contributed by atoms with Gasteiger partial charge in [0.05, 0.1) is 0 Å². The Bertz CT molecular complexity index is 60.7. The van der Waals surface area contributed by atoms with E-state index in [0.717, 1.165) is 19.3 Å². The fraction of sp³-hybridized carbons (Fsp3) is 0.833. The van der Waals surface area contributed by atoms with Crippen LogP contribution >= 0.6 is 0 Å². The molecule has 0 aromatic heterocycles. The zero-order valence-corrected chi connectivity index (χ0v) is 14.9. The average molecular weight is 314 g/mol. The Morgan fingerprint density at radius 2 is 0.684 bits per heavy atom. The largest absolute Gasteiger partial charge is 3.00 e. The Labute approximate surface area is 135 Å². The van der Waals surface area contributed by atoms with Crippen molar-refractivity contribution >= 4 is 0 Å². The summed E-state index contributed by atoms with van der Waals surface area (Å²) in [5, 5.41) is 0. The van der Waals surface area contributed by atoms with Gasteiger partial charge >= 0.3 is 16.5 Å². The molecule has 0 atom stereocenters. The first-order chi connectivity index (χ1) is 8.74. The molecule has 0 fully saturated rings. The second-order valence-electron chi connectivity index (χ2n) is 4.68. The van der Waals surface area contributed by atoms with Gasteiger partial charge < -0.3 is 20.8 Å². The quantitative estimate of drug-likeness (QED) is 0.240. The summed E-state index contributed by atoms with van der Waals surface area (Å²) in [6, 6.07) is 0. The fourth-order valence-electron chi connectivity index (χ4n) is 1.28. The SMILES string of the molecule is [CH2-]CCCCC.[CH2-]CCCCC.[CH2-]CCCCC.[Ni+3]. The third-order valence-corrected chi connectivity index (χ3v) is 2.56. The molecule has 0 spiro atoms. The Hall–Kier alpha value is 0.494. The smallest absolute Gasteiger partial charge is 0.343 e. The van der Waals surface area contributed by atoms with Crippen LogP contribution in [0.4, 0.5) is 0 Å². The van der Waals surface area contributed by atoms with E-state index in [1.165, 1.54) is 57.8 Å². The van der Waals surface area contributed by atoms with E-state index in [1.807, 2.05) is 0 Å². The zero-order valence-electron chi connectivity index (χ0n) is 13.9. The summed E-state index contributed by atoms with van der Waals surface area (Å²) in [7, 11) is 0. The molecule has 0 amide bonds. The average Bonchev–Trinajstić information content (AvgIpc) is 2.42. The number of rotatable bonds is 9. The van der Waals surface area contributed by atoms with Crippen molar-refractivity contribution in [3.05, 3.63) is 20.8 Å². The predicted molar refractivity (Wildman–Crippen MR) is 88.5 cm³/mol. The van der Waals surface area contributed by atoms with E-state index >= 15 is 0 Å². The van der Waals surface area contributed by atoms with Crippen LogP contribution in [0.3, 0.4) is 0 Å². The number of hydrogen-bond donors (Lipinski definition) is 0. The first-order valence-corrected chi connectivity index (χ1v) is 8.12. The first kappa shape index (κ1) is 27.8. The molecule has 0 aliphatic rings. The molecule has 0 heterocycles. The molecule has 0 saturated heterocycles. The van der Waals surface area contributed by atoms with Crippen LogP contribution in [-0.4, -0.2) is 0 Å². The van der Waals surface area contributed by atoms with Crippen LogP contribution in [0.25, 0.3) is 0 Å². The monoisotopic (exact) mass is 313 g/mol.